The summed E-state index contributed by atoms with van der Waals surface area (Å²) in [6.07, 6.45) is 4.94. The van der Waals surface area contributed by atoms with Gasteiger partial charge in [0.05, 0.1) is 6.10 Å². The first-order valence-corrected chi connectivity index (χ1v) is 8.37. The Morgan fingerprint density at radius 3 is 2.83 bits per heavy atom. The van der Waals surface area contributed by atoms with Crippen molar-refractivity contribution in [3.8, 4) is 0 Å². The van der Waals surface area contributed by atoms with E-state index in [1.54, 1.807) is 0 Å². The summed E-state index contributed by atoms with van der Waals surface area (Å²) in [6.45, 7) is 4.19. The van der Waals surface area contributed by atoms with E-state index >= 15 is 0 Å². The van der Waals surface area contributed by atoms with Crippen LogP contribution in [0.2, 0.25) is 0 Å². The van der Waals surface area contributed by atoms with E-state index in [9.17, 15) is 5.11 Å². The fraction of sp³-hybridized carbons (Fsp3) is 0.600. The van der Waals surface area contributed by atoms with Crippen molar-refractivity contribution in [2.45, 2.75) is 55.8 Å². The first kappa shape index (κ1) is 14.4. The van der Waals surface area contributed by atoms with Crippen LogP contribution in [-0.4, -0.2) is 10.4 Å². The number of thioether (sulfide) groups is 1. The van der Waals surface area contributed by atoms with Gasteiger partial charge in [-0.05, 0) is 43.4 Å². The van der Waals surface area contributed by atoms with E-state index in [1.165, 1.54) is 30.6 Å². The molecule has 1 saturated carbocycles. The Morgan fingerprint density at radius 2 is 2.17 bits per heavy atom. The smallest absolute Gasteiger partial charge is 0.0772 e. The molecule has 0 aromatic heterocycles. The summed E-state index contributed by atoms with van der Waals surface area (Å²) < 4.78 is 1.10. The summed E-state index contributed by atoms with van der Waals surface area (Å²) in [4.78, 5) is 1.23. The maximum atomic E-state index is 9.85. The second kappa shape index (κ2) is 6.44. The van der Waals surface area contributed by atoms with Gasteiger partial charge in [-0.1, -0.05) is 41.8 Å². The monoisotopic (exact) mass is 328 g/mol. The van der Waals surface area contributed by atoms with Gasteiger partial charge in [-0.3, -0.25) is 0 Å². The van der Waals surface area contributed by atoms with E-state index in [1.807, 2.05) is 30.8 Å². The van der Waals surface area contributed by atoms with Crippen molar-refractivity contribution >= 4 is 27.7 Å². The van der Waals surface area contributed by atoms with E-state index in [-0.39, 0.29) is 6.10 Å². The van der Waals surface area contributed by atoms with E-state index in [0.717, 1.165) is 16.0 Å². The SMILES string of the molecule is CC1CCCC(Sc2cc(Br)ccc2C(C)O)C1. The Kier molecular flexibility index (Phi) is 5.16. The van der Waals surface area contributed by atoms with Crippen LogP contribution in [0.15, 0.2) is 27.6 Å². The summed E-state index contributed by atoms with van der Waals surface area (Å²) in [5.74, 6) is 0.846. The molecule has 1 aromatic carbocycles. The van der Waals surface area contributed by atoms with Crippen LogP contribution in [0.5, 0.6) is 0 Å². The molecule has 18 heavy (non-hydrogen) atoms. The highest BCUT2D eigenvalue weighted by Crippen LogP contribution is 2.39. The number of benzene rings is 1. The number of halogens is 1. The second-order valence-electron chi connectivity index (χ2n) is 5.37. The van der Waals surface area contributed by atoms with Crippen molar-refractivity contribution in [3.05, 3.63) is 28.2 Å². The molecule has 1 fully saturated rings. The standard InChI is InChI=1S/C15H21BrOS/c1-10-4-3-5-13(8-10)18-15-9-12(16)6-7-14(15)11(2)17/h6-7,9-11,13,17H,3-5,8H2,1-2H3. The van der Waals surface area contributed by atoms with Crippen molar-refractivity contribution in [2.75, 3.05) is 0 Å². The topological polar surface area (TPSA) is 20.2 Å². The fourth-order valence-corrected chi connectivity index (χ4v) is 4.77. The minimum Gasteiger partial charge on any atom is -0.389 e. The fourth-order valence-electron chi connectivity index (χ4n) is 2.62. The van der Waals surface area contributed by atoms with Crippen LogP contribution >= 0.6 is 27.7 Å². The molecule has 0 saturated heterocycles. The van der Waals surface area contributed by atoms with Gasteiger partial charge in [-0.15, -0.1) is 11.8 Å². The minimum atomic E-state index is -0.387. The molecule has 1 aliphatic carbocycles. The lowest BCUT2D eigenvalue weighted by atomic mass is 9.91. The molecule has 0 spiro atoms. The molecule has 0 radical (unpaired) electrons. The lowest BCUT2D eigenvalue weighted by Crippen LogP contribution is -2.15. The third-order valence-corrected chi connectivity index (χ3v) is 5.47. The molecule has 3 atom stereocenters. The molecule has 1 aliphatic rings. The summed E-state index contributed by atoms with van der Waals surface area (Å²) in [5, 5.41) is 10.6. The van der Waals surface area contributed by atoms with E-state index in [2.05, 4.69) is 28.9 Å². The van der Waals surface area contributed by atoms with E-state index < -0.39 is 0 Å². The van der Waals surface area contributed by atoms with Crippen LogP contribution in [0.1, 0.15) is 51.2 Å². The van der Waals surface area contributed by atoms with Gasteiger partial charge < -0.3 is 5.11 Å². The average molecular weight is 329 g/mol. The molecule has 0 amide bonds. The molecule has 3 heteroatoms. The largest absolute Gasteiger partial charge is 0.389 e. The highest BCUT2D eigenvalue weighted by molar-refractivity contribution is 9.10. The van der Waals surface area contributed by atoms with Crippen LogP contribution in [0, 0.1) is 5.92 Å². The molecule has 1 aromatic rings. The third-order valence-electron chi connectivity index (χ3n) is 3.61. The van der Waals surface area contributed by atoms with Gasteiger partial charge in [0, 0.05) is 14.6 Å². The summed E-state index contributed by atoms with van der Waals surface area (Å²) in [7, 11) is 0. The van der Waals surface area contributed by atoms with E-state index in [4.69, 9.17) is 0 Å². The molecule has 3 unspecified atom stereocenters. The predicted octanol–water partition coefficient (Wildman–Crippen LogP) is 5.17. The Bertz CT molecular complexity index is 405. The van der Waals surface area contributed by atoms with Crippen LogP contribution in [0.25, 0.3) is 0 Å². The third kappa shape index (κ3) is 3.75. The van der Waals surface area contributed by atoms with Gasteiger partial charge in [0.1, 0.15) is 0 Å². The first-order valence-electron chi connectivity index (χ1n) is 6.70. The molecule has 2 rings (SSSR count). The highest BCUT2D eigenvalue weighted by atomic mass is 79.9. The van der Waals surface area contributed by atoms with Crippen LogP contribution in [-0.2, 0) is 0 Å². The molecule has 1 nitrogen and oxygen atoms in total. The molecular weight excluding hydrogens is 308 g/mol. The lowest BCUT2D eigenvalue weighted by molar-refractivity contribution is 0.196. The quantitative estimate of drug-likeness (QED) is 0.825. The number of hydrogen-bond acceptors (Lipinski definition) is 2. The maximum absolute atomic E-state index is 9.85. The zero-order valence-electron chi connectivity index (χ0n) is 11.0. The van der Waals surface area contributed by atoms with Crippen molar-refractivity contribution in [1.29, 1.82) is 0 Å². The van der Waals surface area contributed by atoms with Gasteiger partial charge in [0.2, 0.25) is 0 Å². The predicted molar refractivity (Wildman–Crippen MR) is 82.1 cm³/mol. The van der Waals surface area contributed by atoms with Gasteiger partial charge in [0.25, 0.3) is 0 Å². The Hall–Kier alpha value is 0.01000. The number of rotatable bonds is 3. The first-order chi connectivity index (χ1) is 8.56. The second-order valence-corrected chi connectivity index (χ2v) is 7.63. The minimum absolute atomic E-state index is 0.387. The lowest BCUT2D eigenvalue weighted by Gasteiger charge is -2.27. The zero-order chi connectivity index (χ0) is 13.1. The van der Waals surface area contributed by atoms with Crippen LogP contribution in [0.3, 0.4) is 0 Å². The Labute approximate surface area is 122 Å². The van der Waals surface area contributed by atoms with Crippen LogP contribution < -0.4 is 0 Å². The van der Waals surface area contributed by atoms with Crippen molar-refractivity contribution in [3.63, 3.8) is 0 Å². The molecule has 1 N–H and O–H groups in total. The summed E-state index contributed by atoms with van der Waals surface area (Å²) >= 11 is 5.47. The summed E-state index contributed by atoms with van der Waals surface area (Å²) in [5.41, 5.74) is 1.06. The van der Waals surface area contributed by atoms with Crippen molar-refractivity contribution in [1.82, 2.24) is 0 Å². The van der Waals surface area contributed by atoms with Crippen molar-refractivity contribution < 1.29 is 5.11 Å². The van der Waals surface area contributed by atoms with Gasteiger partial charge in [-0.2, -0.15) is 0 Å². The number of aliphatic hydroxyl groups excluding tert-OH is 1. The Morgan fingerprint density at radius 1 is 1.39 bits per heavy atom. The van der Waals surface area contributed by atoms with Gasteiger partial charge in [-0.25, -0.2) is 0 Å². The number of hydrogen-bond donors (Lipinski definition) is 1. The molecule has 0 heterocycles. The molecule has 0 aliphatic heterocycles. The summed E-state index contributed by atoms with van der Waals surface area (Å²) in [6, 6.07) is 6.19. The van der Waals surface area contributed by atoms with E-state index in [0.29, 0.717) is 5.25 Å². The molecule has 100 valence electrons. The normalized spacial score (nSPS) is 26.0. The van der Waals surface area contributed by atoms with Gasteiger partial charge >= 0.3 is 0 Å². The number of aliphatic hydroxyl groups is 1. The average Bonchev–Trinajstić information content (AvgIpc) is 2.28. The Balaban J connectivity index is 2.14. The van der Waals surface area contributed by atoms with Crippen LogP contribution in [0.4, 0.5) is 0 Å². The molecular formula is C15H21BrOS. The zero-order valence-corrected chi connectivity index (χ0v) is 13.4. The van der Waals surface area contributed by atoms with Crippen molar-refractivity contribution in [2.24, 2.45) is 5.92 Å². The maximum Gasteiger partial charge on any atom is 0.0772 e. The molecule has 0 bridgehead atoms. The highest BCUT2D eigenvalue weighted by Gasteiger charge is 2.21. The van der Waals surface area contributed by atoms with Gasteiger partial charge in [0.15, 0.2) is 0 Å².